The molecule has 0 unspecified atom stereocenters. The maximum absolute atomic E-state index is 13.1. The van der Waals surface area contributed by atoms with Crippen LogP contribution in [0.2, 0.25) is 0 Å². The number of carbonyl (C=O) groups is 1. The molecule has 2 heterocycles. The highest BCUT2D eigenvalue weighted by molar-refractivity contribution is 5.93. The highest BCUT2D eigenvalue weighted by Crippen LogP contribution is 2.22. The smallest absolute Gasteiger partial charge is 0.270 e. The average Bonchev–Trinajstić information content (AvgIpc) is 3.03. The van der Waals surface area contributed by atoms with Crippen LogP contribution in [0, 0.1) is 5.82 Å². The number of anilines is 2. The number of carbonyl (C=O) groups excluding carboxylic acids is 1. The zero-order valence-electron chi connectivity index (χ0n) is 16.8. The third-order valence-corrected chi connectivity index (χ3v) is 6.00. The first-order valence-corrected chi connectivity index (χ1v) is 10.7. The molecule has 0 spiro atoms. The fourth-order valence-corrected chi connectivity index (χ4v) is 4.30. The Kier molecular flexibility index (Phi) is 6.27. The summed E-state index contributed by atoms with van der Waals surface area (Å²) in [5, 5.41) is 3.18. The van der Waals surface area contributed by atoms with E-state index in [2.05, 4.69) is 20.1 Å². The second-order valence-corrected chi connectivity index (χ2v) is 8.01. The summed E-state index contributed by atoms with van der Waals surface area (Å²) in [6, 6.07) is 10.8. The molecule has 29 heavy (non-hydrogen) atoms. The van der Waals surface area contributed by atoms with Crippen LogP contribution in [0.5, 0.6) is 0 Å². The summed E-state index contributed by atoms with van der Waals surface area (Å²) in [5.74, 6) is -0.275. The first kappa shape index (κ1) is 19.7. The Labute approximate surface area is 171 Å². The number of nitrogens with one attached hydrogen (secondary N) is 1. The maximum Gasteiger partial charge on any atom is 0.270 e. The predicted octanol–water partition coefficient (Wildman–Crippen LogP) is 4.00. The molecule has 1 aliphatic heterocycles. The number of hydrogen-bond acceptors (Lipinski definition) is 4. The Balaban J connectivity index is 1.36. The van der Waals surface area contributed by atoms with Crippen LogP contribution >= 0.6 is 0 Å². The van der Waals surface area contributed by atoms with Crippen molar-refractivity contribution in [2.24, 2.45) is 0 Å². The lowest BCUT2D eigenvalue weighted by molar-refractivity contribution is 0.0928. The van der Waals surface area contributed by atoms with Crippen LogP contribution in [0.4, 0.5) is 15.8 Å². The summed E-state index contributed by atoms with van der Waals surface area (Å²) >= 11 is 0. The van der Waals surface area contributed by atoms with Gasteiger partial charge in [-0.05, 0) is 49.2 Å². The monoisotopic (exact) mass is 396 g/mol. The van der Waals surface area contributed by atoms with Gasteiger partial charge in [0.25, 0.3) is 5.91 Å². The molecule has 5 nitrogen and oxygen atoms in total. The molecule has 6 heteroatoms. The topological polar surface area (TPSA) is 48.5 Å². The van der Waals surface area contributed by atoms with Gasteiger partial charge < -0.3 is 15.1 Å². The van der Waals surface area contributed by atoms with E-state index in [0.717, 1.165) is 50.4 Å². The number of benzene rings is 1. The van der Waals surface area contributed by atoms with E-state index in [1.54, 1.807) is 6.20 Å². The summed E-state index contributed by atoms with van der Waals surface area (Å²) in [6.07, 6.45) is 8.78. The van der Waals surface area contributed by atoms with Crippen molar-refractivity contribution in [3.63, 3.8) is 0 Å². The molecule has 1 saturated heterocycles. The summed E-state index contributed by atoms with van der Waals surface area (Å²) < 4.78 is 13.1. The van der Waals surface area contributed by atoms with Crippen LogP contribution in [0.25, 0.3) is 0 Å². The molecule has 2 aromatic rings. The van der Waals surface area contributed by atoms with Gasteiger partial charge in [-0.3, -0.25) is 9.78 Å². The molecule has 1 amide bonds. The van der Waals surface area contributed by atoms with Crippen LogP contribution in [0.15, 0.2) is 42.6 Å². The highest BCUT2D eigenvalue weighted by atomic mass is 19.1. The van der Waals surface area contributed by atoms with Crippen molar-refractivity contribution >= 4 is 17.3 Å². The van der Waals surface area contributed by atoms with E-state index in [0.29, 0.717) is 5.69 Å². The normalized spacial score (nSPS) is 18.4. The standard InChI is InChI=1S/C23H29FN4O/c24-18-7-9-20(10-8-18)27-13-15-28(16-14-27)21-11-12-25-22(17-21)23(29)26-19-5-3-1-2-4-6-19/h7-12,17,19H,1-6,13-16H2,(H,26,29). The third kappa shape index (κ3) is 5.05. The molecular formula is C23H29FN4O. The number of halogens is 1. The SMILES string of the molecule is O=C(NC1CCCCCC1)c1cc(N2CCN(c3ccc(F)cc3)CC2)ccn1. The largest absolute Gasteiger partial charge is 0.368 e. The molecule has 4 rings (SSSR count). The molecule has 154 valence electrons. The van der Waals surface area contributed by atoms with Gasteiger partial charge in [-0.1, -0.05) is 25.7 Å². The van der Waals surface area contributed by atoms with Gasteiger partial charge in [0.05, 0.1) is 0 Å². The second-order valence-electron chi connectivity index (χ2n) is 8.01. The Morgan fingerprint density at radius 2 is 1.52 bits per heavy atom. The van der Waals surface area contributed by atoms with Crippen LogP contribution in [-0.2, 0) is 0 Å². The number of nitrogens with zero attached hydrogens (tertiary/aromatic N) is 3. The number of amides is 1. The minimum atomic E-state index is -0.209. The lowest BCUT2D eigenvalue weighted by Gasteiger charge is -2.37. The summed E-state index contributed by atoms with van der Waals surface area (Å²) in [6.45, 7) is 3.42. The van der Waals surface area contributed by atoms with Crippen molar-refractivity contribution in [2.75, 3.05) is 36.0 Å². The number of hydrogen-bond donors (Lipinski definition) is 1. The van der Waals surface area contributed by atoms with Gasteiger partial charge in [-0.2, -0.15) is 0 Å². The first-order chi connectivity index (χ1) is 14.2. The lowest BCUT2D eigenvalue weighted by Crippen LogP contribution is -2.46. The zero-order valence-corrected chi connectivity index (χ0v) is 16.8. The lowest BCUT2D eigenvalue weighted by atomic mass is 10.1. The van der Waals surface area contributed by atoms with Crippen molar-refractivity contribution in [1.29, 1.82) is 0 Å². The Morgan fingerprint density at radius 1 is 0.897 bits per heavy atom. The Hall–Kier alpha value is -2.63. The summed E-state index contributed by atoms with van der Waals surface area (Å²) in [4.78, 5) is 21.5. The molecule has 1 aliphatic carbocycles. The molecule has 2 fully saturated rings. The van der Waals surface area contributed by atoms with Crippen molar-refractivity contribution in [3.8, 4) is 0 Å². The summed E-state index contributed by atoms with van der Waals surface area (Å²) in [7, 11) is 0. The van der Waals surface area contributed by atoms with Gasteiger partial charge in [0.2, 0.25) is 0 Å². The molecule has 2 aliphatic rings. The number of aromatic nitrogens is 1. The predicted molar refractivity (Wildman–Crippen MR) is 114 cm³/mol. The van der Waals surface area contributed by atoms with Gasteiger partial charge in [-0.15, -0.1) is 0 Å². The number of piperazine rings is 1. The van der Waals surface area contributed by atoms with Crippen LogP contribution in [0.3, 0.4) is 0 Å². The third-order valence-electron chi connectivity index (χ3n) is 6.00. The minimum absolute atomic E-state index is 0.0660. The Morgan fingerprint density at radius 3 is 2.17 bits per heavy atom. The van der Waals surface area contributed by atoms with Crippen LogP contribution in [-0.4, -0.2) is 43.1 Å². The van der Waals surface area contributed by atoms with Gasteiger partial charge in [0, 0.05) is 49.8 Å². The van der Waals surface area contributed by atoms with Crippen molar-refractivity contribution in [3.05, 3.63) is 54.1 Å². The summed E-state index contributed by atoms with van der Waals surface area (Å²) in [5.41, 5.74) is 2.57. The van der Waals surface area contributed by atoms with Crippen LogP contribution < -0.4 is 15.1 Å². The molecule has 0 radical (unpaired) electrons. The number of pyridine rings is 1. The zero-order chi connectivity index (χ0) is 20.1. The van der Waals surface area contributed by atoms with Gasteiger partial charge in [-0.25, -0.2) is 4.39 Å². The molecule has 0 atom stereocenters. The van der Waals surface area contributed by atoms with E-state index in [9.17, 15) is 9.18 Å². The molecule has 1 aromatic heterocycles. The highest BCUT2D eigenvalue weighted by Gasteiger charge is 2.20. The Bertz CT molecular complexity index is 810. The molecule has 1 N–H and O–H groups in total. The molecular weight excluding hydrogens is 367 g/mol. The van der Waals surface area contributed by atoms with Crippen LogP contribution in [0.1, 0.15) is 49.0 Å². The minimum Gasteiger partial charge on any atom is -0.368 e. The van der Waals surface area contributed by atoms with Crippen molar-refractivity contribution in [2.45, 2.75) is 44.6 Å². The van der Waals surface area contributed by atoms with Gasteiger partial charge in [0.1, 0.15) is 11.5 Å². The van der Waals surface area contributed by atoms with Gasteiger partial charge >= 0.3 is 0 Å². The van der Waals surface area contributed by atoms with E-state index in [1.165, 1.54) is 37.8 Å². The van der Waals surface area contributed by atoms with E-state index in [1.807, 2.05) is 24.3 Å². The molecule has 1 saturated carbocycles. The van der Waals surface area contributed by atoms with E-state index < -0.39 is 0 Å². The van der Waals surface area contributed by atoms with Crippen molar-refractivity contribution < 1.29 is 9.18 Å². The molecule has 1 aromatic carbocycles. The quantitative estimate of drug-likeness (QED) is 0.794. The van der Waals surface area contributed by atoms with E-state index in [-0.39, 0.29) is 17.8 Å². The van der Waals surface area contributed by atoms with E-state index >= 15 is 0 Å². The average molecular weight is 397 g/mol. The maximum atomic E-state index is 13.1. The fraction of sp³-hybridized carbons (Fsp3) is 0.478. The molecule has 0 bridgehead atoms. The second kappa shape index (κ2) is 9.25. The van der Waals surface area contributed by atoms with E-state index in [4.69, 9.17) is 0 Å². The first-order valence-electron chi connectivity index (χ1n) is 10.7. The number of rotatable bonds is 4. The van der Waals surface area contributed by atoms with Crippen molar-refractivity contribution in [1.82, 2.24) is 10.3 Å². The fourth-order valence-electron chi connectivity index (χ4n) is 4.30. The van der Waals surface area contributed by atoms with Gasteiger partial charge in [0.15, 0.2) is 0 Å².